The maximum atomic E-state index is 4.31. The monoisotopic (exact) mass is 239 g/mol. The van der Waals surface area contributed by atoms with E-state index < -0.39 is 0 Å². The molecule has 3 nitrogen and oxygen atoms in total. The molecule has 13 heavy (non-hydrogen) atoms. The normalized spacial score (nSPS) is 10.9. The summed E-state index contributed by atoms with van der Waals surface area (Å²) in [4.78, 5) is 4.31. The van der Waals surface area contributed by atoms with Gasteiger partial charge >= 0.3 is 0 Å². The van der Waals surface area contributed by atoms with Gasteiger partial charge in [0, 0.05) is 17.2 Å². The molecule has 0 bridgehead atoms. The molecule has 0 saturated carbocycles. The number of hydrogen-bond donors (Lipinski definition) is 1. The van der Waals surface area contributed by atoms with E-state index in [0.717, 1.165) is 22.2 Å². The van der Waals surface area contributed by atoms with Crippen molar-refractivity contribution in [1.29, 1.82) is 0 Å². The number of aromatic nitrogens is 2. The van der Waals surface area contributed by atoms with Crippen LogP contribution in [0.1, 0.15) is 5.69 Å². The van der Waals surface area contributed by atoms with E-state index in [4.69, 9.17) is 0 Å². The summed E-state index contributed by atoms with van der Waals surface area (Å²) in [7, 11) is 1.92. The minimum atomic E-state index is 0.799. The van der Waals surface area contributed by atoms with Crippen LogP contribution in [-0.2, 0) is 6.54 Å². The zero-order chi connectivity index (χ0) is 9.26. The molecule has 0 aromatic carbocycles. The minimum absolute atomic E-state index is 0.799. The third-order valence-electron chi connectivity index (χ3n) is 1.92. The lowest BCUT2D eigenvalue weighted by molar-refractivity contribution is 0.802. The molecule has 2 heterocycles. The molecule has 0 amide bonds. The van der Waals surface area contributed by atoms with Gasteiger partial charge in [-0.15, -0.1) is 0 Å². The van der Waals surface area contributed by atoms with Crippen molar-refractivity contribution >= 4 is 21.4 Å². The van der Waals surface area contributed by atoms with E-state index in [0.29, 0.717) is 0 Å². The van der Waals surface area contributed by atoms with E-state index in [2.05, 4.69) is 32.3 Å². The van der Waals surface area contributed by atoms with Crippen LogP contribution in [0.15, 0.2) is 29.1 Å². The molecule has 0 radical (unpaired) electrons. The first-order valence-electron chi connectivity index (χ1n) is 4.07. The van der Waals surface area contributed by atoms with Crippen molar-refractivity contribution in [3.05, 3.63) is 34.8 Å². The van der Waals surface area contributed by atoms with Gasteiger partial charge in [-0.2, -0.15) is 0 Å². The molecule has 0 spiro atoms. The van der Waals surface area contributed by atoms with Crippen LogP contribution in [0.25, 0.3) is 5.52 Å². The highest BCUT2D eigenvalue weighted by atomic mass is 79.9. The SMILES string of the molecule is CNCc1ncn2ccc(Br)cc12. The summed E-state index contributed by atoms with van der Waals surface area (Å²) in [6.07, 6.45) is 3.82. The van der Waals surface area contributed by atoms with E-state index in [9.17, 15) is 0 Å². The first kappa shape index (κ1) is 8.72. The average Bonchev–Trinajstić information content (AvgIpc) is 2.49. The third-order valence-corrected chi connectivity index (χ3v) is 2.42. The van der Waals surface area contributed by atoms with Crippen molar-refractivity contribution in [3.8, 4) is 0 Å². The summed E-state index contributed by atoms with van der Waals surface area (Å²) in [5, 5.41) is 3.09. The second-order valence-corrected chi connectivity index (χ2v) is 3.77. The van der Waals surface area contributed by atoms with Crippen molar-refractivity contribution in [2.45, 2.75) is 6.54 Å². The lowest BCUT2D eigenvalue weighted by Gasteiger charge is -1.97. The standard InChI is InChI=1S/C9H10BrN3/c1-11-5-8-9-4-7(10)2-3-13(9)6-12-8/h2-4,6,11H,5H2,1H3. The van der Waals surface area contributed by atoms with E-state index in [1.54, 1.807) is 0 Å². The lowest BCUT2D eigenvalue weighted by Crippen LogP contribution is -2.05. The highest BCUT2D eigenvalue weighted by Gasteiger charge is 2.02. The summed E-state index contributed by atoms with van der Waals surface area (Å²) in [6, 6.07) is 4.07. The summed E-state index contributed by atoms with van der Waals surface area (Å²) in [5.41, 5.74) is 2.22. The van der Waals surface area contributed by atoms with Crippen molar-refractivity contribution in [1.82, 2.24) is 14.7 Å². The predicted octanol–water partition coefficient (Wildman–Crippen LogP) is 1.82. The number of fused-ring (bicyclic) bond motifs is 1. The number of nitrogens with one attached hydrogen (secondary N) is 1. The van der Waals surface area contributed by atoms with Crippen LogP contribution in [0.5, 0.6) is 0 Å². The Kier molecular flexibility index (Phi) is 2.33. The Labute approximate surface area is 84.9 Å². The van der Waals surface area contributed by atoms with Gasteiger partial charge in [-0.3, -0.25) is 0 Å². The Bertz CT molecular complexity index is 422. The number of hydrogen-bond acceptors (Lipinski definition) is 2. The van der Waals surface area contributed by atoms with Gasteiger partial charge in [0.05, 0.1) is 17.5 Å². The molecule has 0 aliphatic heterocycles. The smallest absolute Gasteiger partial charge is 0.0996 e. The van der Waals surface area contributed by atoms with E-state index in [1.807, 2.05) is 30.0 Å². The molecule has 68 valence electrons. The fourth-order valence-electron chi connectivity index (χ4n) is 1.32. The van der Waals surface area contributed by atoms with Gasteiger partial charge in [-0.1, -0.05) is 15.9 Å². The molecule has 2 aromatic heterocycles. The highest BCUT2D eigenvalue weighted by molar-refractivity contribution is 9.10. The molecule has 0 unspecified atom stereocenters. The van der Waals surface area contributed by atoms with Crippen LogP contribution in [0, 0.1) is 0 Å². The van der Waals surface area contributed by atoms with Crippen LogP contribution in [-0.4, -0.2) is 16.4 Å². The van der Waals surface area contributed by atoms with Gasteiger partial charge in [0.2, 0.25) is 0 Å². The number of rotatable bonds is 2. The molecule has 0 aliphatic carbocycles. The van der Waals surface area contributed by atoms with Crippen molar-refractivity contribution in [2.24, 2.45) is 0 Å². The molecule has 0 fully saturated rings. The second-order valence-electron chi connectivity index (χ2n) is 2.86. The predicted molar refractivity (Wildman–Crippen MR) is 55.7 cm³/mol. The van der Waals surface area contributed by atoms with Crippen LogP contribution < -0.4 is 5.32 Å². The average molecular weight is 240 g/mol. The summed E-state index contributed by atoms with van der Waals surface area (Å²) in [6.45, 7) is 0.799. The van der Waals surface area contributed by atoms with Crippen molar-refractivity contribution < 1.29 is 0 Å². The van der Waals surface area contributed by atoms with Crippen LogP contribution >= 0.6 is 15.9 Å². The topological polar surface area (TPSA) is 29.3 Å². The second kappa shape index (κ2) is 3.47. The Balaban J connectivity index is 2.58. The van der Waals surface area contributed by atoms with Gasteiger partial charge in [0.25, 0.3) is 0 Å². The fraction of sp³-hybridized carbons (Fsp3) is 0.222. The fourth-order valence-corrected chi connectivity index (χ4v) is 1.65. The Morgan fingerprint density at radius 2 is 2.46 bits per heavy atom. The Hall–Kier alpha value is -0.870. The van der Waals surface area contributed by atoms with Gasteiger partial charge in [-0.05, 0) is 19.2 Å². The van der Waals surface area contributed by atoms with Crippen molar-refractivity contribution in [2.75, 3.05) is 7.05 Å². The molecular formula is C9H10BrN3. The maximum absolute atomic E-state index is 4.31. The number of imidazole rings is 1. The first-order valence-corrected chi connectivity index (χ1v) is 4.86. The van der Waals surface area contributed by atoms with Gasteiger partial charge < -0.3 is 9.72 Å². The van der Waals surface area contributed by atoms with Crippen molar-refractivity contribution in [3.63, 3.8) is 0 Å². The van der Waals surface area contributed by atoms with Crippen LogP contribution in [0.4, 0.5) is 0 Å². The molecule has 0 saturated heterocycles. The van der Waals surface area contributed by atoms with E-state index in [-0.39, 0.29) is 0 Å². The third kappa shape index (κ3) is 1.59. The Morgan fingerprint density at radius 3 is 3.23 bits per heavy atom. The number of pyridine rings is 1. The van der Waals surface area contributed by atoms with Gasteiger partial charge in [0.1, 0.15) is 0 Å². The molecule has 1 N–H and O–H groups in total. The van der Waals surface area contributed by atoms with Crippen LogP contribution in [0.3, 0.4) is 0 Å². The minimum Gasteiger partial charge on any atom is -0.314 e. The molecule has 2 aromatic rings. The largest absolute Gasteiger partial charge is 0.314 e. The van der Waals surface area contributed by atoms with Gasteiger partial charge in [0.15, 0.2) is 0 Å². The molecule has 0 atom stereocenters. The zero-order valence-electron chi connectivity index (χ0n) is 7.29. The highest BCUT2D eigenvalue weighted by Crippen LogP contribution is 2.15. The maximum Gasteiger partial charge on any atom is 0.0996 e. The summed E-state index contributed by atoms with van der Waals surface area (Å²) < 4.78 is 3.09. The quantitative estimate of drug-likeness (QED) is 0.867. The van der Waals surface area contributed by atoms with Gasteiger partial charge in [-0.25, -0.2) is 4.98 Å². The number of nitrogens with zero attached hydrogens (tertiary/aromatic N) is 2. The summed E-state index contributed by atoms with van der Waals surface area (Å²) in [5.74, 6) is 0. The Morgan fingerprint density at radius 1 is 1.62 bits per heavy atom. The molecule has 0 aliphatic rings. The zero-order valence-corrected chi connectivity index (χ0v) is 8.87. The van der Waals surface area contributed by atoms with E-state index >= 15 is 0 Å². The first-order chi connectivity index (χ1) is 6.31. The molecule has 2 rings (SSSR count). The van der Waals surface area contributed by atoms with Crippen LogP contribution in [0.2, 0.25) is 0 Å². The molecule has 4 heteroatoms. The lowest BCUT2D eigenvalue weighted by atomic mass is 10.3. The molecular weight excluding hydrogens is 230 g/mol. The number of halogens is 1. The summed E-state index contributed by atoms with van der Waals surface area (Å²) >= 11 is 3.44. The van der Waals surface area contributed by atoms with E-state index in [1.165, 1.54) is 0 Å².